The topological polar surface area (TPSA) is 35.2 Å². The number of rotatable bonds is 4. The van der Waals surface area contributed by atoms with Gasteiger partial charge in [-0.2, -0.15) is 0 Å². The molecule has 0 radical (unpaired) electrons. The van der Waals surface area contributed by atoms with Crippen molar-refractivity contribution in [2.24, 2.45) is 5.73 Å². The number of halogens is 3. The van der Waals surface area contributed by atoms with Crippen LogP contribution in [0.1, 0.15) is 17.2 Å². The SMILES string of the molecule is COc1cc(Cl)ccc1C(N)Cc1ccc(F)c(Cl)c1. The highest BCUT2D eigenvalue weighted by atomic mass is 35.5. The molecule has 0 spiro atoms. The summed E-state index contributed by atoms with van der Waals surface area (Å²) in [6.07, 6.45) is 0.526. The van der Waals surface area contributed by atoms with Crippen LogP contribution in [-0.2, 0) is 6.42 Å². The highest BCUT2D eigenvalue weighted by Crippen LogP contribution is 2.29. The lowest BCUT2D eigenvalue weighted by molar-refractivity contribution is 0.405. The molecule has 0 saturated carbocycles. The summed E-state index contributed by atoms with van der Waals surface area (Å²) in [5.41, 5.74) is 7.89. The van der Waals surface area contributed by atoms with Crippen LogP contribution in [-0.4, -0.2) is 7.11 Å². The molecule has 0 aliphatic heterocycles. The van der Waals surface area contributed by atoms with E-state index in [1.807, 2.05) is 6.07 Å². The van der Waals surface area contributed by atoms with E-state index >= 15 is 0 Å². The Balaban J connectivity index is 2.23. The number of hydrogen-bond acceptors (Lipinski definition) is 2. The van der Waals surface area contributed by atoms with Crippen LogP contribution < -0.4 is 10.5 Å². The Bertz CT molecular complexity index is 619. The van der Waals surface area contributed by atoms with Crippen LogP contribution in [0.2, 0.25) is 10.0 Å². The van der Waals surface area contributed by atoms with Crippen LogP contribution in [0.5, 0.6) is 5.75 Å². The van der Waals surface area contributed by atoms with Gasteiger partial charge in [0.05, 0.1) is 12.1 Å². The average Bonchev–Trinajstić information content (AvgIpc) is 2.42. The van der Waals surface area contributed by atoms with Gasteiger partial charge >= 0.3 is 0 Å². The summed E-state index contributed by atoms with van der Waals surface area (Å²) in [5.74, 6) is 0.200. The minimum atomic E-state index is -0.437. The van der Waals surface area contributed by atoms with Gasteiger partial charge in [-0.1, -0.05) is 35.3 Å². The Morgan fingerprint density at radius 1 is 1.20 bits per heavy atom. The molecule has 106 valence electrons. The van der Waals surface area contributed by atoms with Crippen molar-refractivity contribution in [2.45, 2.75) is 12.5 Å². The van der Waals surface area contributed by atoms with Gasteiger partial charge in [0.15, 0.2) is 0 Å². The van der Waals surface area contributed by atoms with E-state index < -0.39 is 5.82 Å². The first-order valence-electron chi connectivity index (χ1n) is 6.04. The molecule has 2 aromatic carbocycles. The van der Waals surface area contributed by atoms with Crippen molar-refractivity contribution in [1.82, 2.24) is 0 Å². The van der Waals surface area contributed by atoms with E-state index in [0.29, 0.717) is 17.2 Å². The van der Waals surface area contributed by atoms with Crippen LogP contribution in [0.25, 0.3) is 0 Å². The van der Waals surface area contributed by atoms with Gasteiger partial charge in [-0.15, -0.1) is 0 Å². The lowest BCUT2D eigenvalue weighted by Crippen LogP contribution is -2.14. The predicted octanol–water partition coefficient (Wildman–Crippen LogP) is 4.38. The molecule has 2 aromatic rings. The van der Waals surface area contributed by atoms with Gasteiger partial charge in [-0.05, 0) is 36.2 Å². The largest absolute Gasteiger partial charge is 0.496 e. The second kappa shape index (κ2) is 6.44. The zero-order chi connectivity index (χ0) is 14.7. The fourth-order valence-corrected chi connectivity index (χ4v) is 2.39. The quantitative estimate of drug-likeness (QED) is 0.909. The Hall–Kier alpha value is -1.29. The third kappa shape index (κ3) is 3.42. The van der Waals surface area contributed by atoms with Gasteiger partial charge in [-0.3, -0.25) is 0 Å². The summed E-state index contributed by atoms with van der Waals surface area (Å²) in [6, 6.07) is 9.61. The van der Waals surface area contributed by atoms with E-state index in [0.717, 1.165) is 11.1 Å². The number of nitrogens with two attached hydrogens (primary N) is 1. The van der Waals surface area contributed by atoms with Crippen molar-refractivity contribution in [1.29, 1.82) is 0 Å². The average molecular weight is 314 g/mol. The smallest absolute Gasteiger partial charge is 0.141 e. The third-order valence-electron chi connectivity index (χ3n) is 3.03. The molecule has 1 unspecified atom stereocenters. The van der Waals surface area contributed by atoms with E-state index in [9.17, 15) is 4.39 Å². The monoisotopic (exact) mass is 313 g/mol. The van der Waals surface area contributed by atoms with E-state index in [-0.39, 0.29) is 11.1 Å². The van der Waals surface area contributed by atoms with Crippen molar-refractivity contribution in [2.75, 3.05) is 7.11 Å². The summed E-state index contributed by atoms with van der Waals surface area (Å²) in [4.78, 5) is 0. The summed E-state index contributed by atoms with van der Waals surface area (Å²) in [6.45, 7) is 0. The second-order valence-electron chi connectivity index (χ2n) is 4.45. The summed E-state index contributed by atoms with van der Waals surface area (Å²) < 4.78 is 18.4. The standard InChI is InChI=1S/C15H14Cl2FNO/c1-20-15-8-10(16)3-4-11(15)14(19)7-9-2-5-13(18)12(17)6-9/h2-6,8,14H,7,19H2,1H3. The zero-order valence-electron chi connectivity index (χ0n) is 10.9. The Morgan fingerprint density at radius 2 is 1.95 bits per heavy atom. The van der Waals surface area contributed by atoms with Gasteiger partial charge < -0.3 is 10.5 Å². The maximum absolute atomic E-state index is 13.1. The molecule has 20 heavy (non-hydrogen) atoms. The molecule has 0 aromatic heterocycles. The van der Waals surface area contributed by atoms with Crippen LogP contribution in [0.4, 0.5) is 4.39 Å². The number of hydrogen-bond donors (Lipinski definition) is 1. The van der Waals surface area contributed by atoms with Crippen molar-refractivity contribution in [3.63, 3.8) is 0 Å². The number of benzene rings is 2. The highest BCUT2D eigenvalue weighted by Gasteiger charge is 2.14. The highest BCUT2D eigenvalue weighted by molar-refractivity contribution is 6.31. The summed E-state index contributed by atoms with van der Waals surface area (Å²) in [5, 5.41) is 0.681. The molecule has 0 saturated heterocycles. The molecular weight excluding hydrogens is 300 g/mol. The Kier molecular flexibility index (Phi) is 4.86. The molecule has 0 aliphatic rings. The Morgan fingerprint density at radius 3 is 2.60 bits per heavy atom. The molecule has 2 N–H and O–H groups in total. The molecular formula is C15H14Cl2FNO. The molecule has 0 heterocycles. The van der Waals surface area contributed by atoms with Crippen LogP contribution >= 0.6 is 23.2 Å². The number of ether oxygens (including phenoxy) is 1. The fraction of sp³-hybridized carbons (Fsp3) is 0.200. The second-order valence-corrected chi connectivity index (χ2v) is 5.29. The van der Waals surface area contributed by atoms with E-state index in [4.69, 9.17) is 33.7 Å². The molecule has 0 aliphatic carbocycles. The lowest BCUT2D eigenvalue weighted by Gasteiger charge is -2.16. The maximum Gasteiger partial charge on any atom is 0.141 e. The van der Waals surface area contributed by atoms with Crippen molar-refractivity contribution >= 4 is 23.2 Å². The van der Waals surface area contributed by atoms with Crippen LogP contribution in [0, 0.1) is 5.82 Å². The van der Waals surface area contributed by atoms with Crippen molar-refractivity contribution in [3.05, 3.63) is 63.4 Å². The molecule has 0 amide bonds. The Labute approximate surface area is 127 Å². The van der Waals surface area contributed by atoms with Crippen molar-refractivity contribution < 1.29 is 9.13 Å². The minimum absolute atomic E-state index is 0.0952. The van der Waals surface area contributed by atoms with Crippen LogP contribution in [0.3, 0.4) is 0 Å². The van der Waals surface area contributed by atoms with Gasteiger partial charge in [0, 0.05) is 16.6 Å². The summed E-state index contributed by atoms with van der Waals surface area (Å²) >= 11 is 11.7. The maximum atomic E-state index is 13.1. The first kappa shape index (κ1) is 15.1. The molecule has 2 nitrogen and oxygen atoms in total. The van der Waals surface area contributed by atoms with Gasteiger partial charge in [0.1, 0.15) is 11.6 Å². The first-order chi connectivity index (χ1) is 9.51. The normalized spacial score (nSPS) is 12.2. The van der Waals surface area contributed by atoms with E-state index in [1.54, 1.807) is 31.4 Å². The van der Waals surface area contributed by atoms with E-state index in [1.165, 1.54) is 6.07 Å². The predicted molar refractivity (Wildman–Crippen MR) is 80.0 cm³/mol. The molecule has 0 fully saturated rings. The molecule has 0 bridgehead atoms. The van der Waals surface area contributed by atoms with Gasteiger partial charge in [0.25, 0.3) is 0 Å². The third-order valence-corrected chi connectivity index (χ3v) is 3.56. The van der Waals surface area contributed by atoms with E-state index in [2.05, 4.69) is 0 Å². The molecule has 2 rings (SSSR count). The van der Waals surface area contributed by atoms with Gasteiger partial charge in [-0.25, -0.2) is 4.39 Å². The number of methoxy groups -OCH3 is 1. The molecule has 1 atom stereocenters. The first-order valence-corrected chi connectivity index (χ1v) is 6.80. The molecule has 5 heteroatoms. The van der Waals surface area contributed by atoms with Gasteiger partial charge in [0.2, 0.25) is 0 Å². The minimum Gasteiger partial charge on any atom is -0.496 e. The van der Waals surface area contributed by atoms with Crippen molar-refractivity contribution in [3.8, 4) is 5.75 Å². The fourth-order valence-electron chi connectivity index (χ4n) is 2.02. The lowest BCUT2D eigenvalue weighted by atomic mass is 9.99. The summed E-state index contributed by atoms with van der Waals surface area (Å²) in [7, 11) is 1.57. The zero-order valence-corrected chi connectivity index (χ0v) is 12.4. The van der Waals surface area contributed by atoms with Crippen LogP contribution in [0.15, 0.2) is 36.4 Å².